The van der Waals surface area contributed by atoms with Crippen LogP contribution < -0.4 is 5.32 Å². The third-order valence-electron chi connectivity index (χ3n) is 3.48. The molecule has 1 saturated carbocycles. The average molecular weight is 250 g/mol. The van der Waals surface area contributed by atoms with Gasteiger partial charge in [0.25, 0.3) is 11.8 Å². The Morgan fingerprint density at radius 1 is 1.33 bits per heavy atom. The van der Waals surface area contributed by atoms with E-state index in [2.05, 4.69) is 5.32 Å². The highest BCUT2D eigenvalue weighted by Gasteiger charge is 2.39. The minimum atomic E-state index is -0.262. The summed E-state index contributed by atoms with van der Waals surface area (Å²) < 4.78 is 0. The molecule has 0 aromatic carbocycles. The number of carbonyl (C=O) groups is 3. The maximum Gasteiger partial charge on any atom is 0.253 e. The van der Waals surface area contributed by atoms with Gasteiger partial charge in [-0.25, -0.2) is 0 Å². The van der Waals surface area contributed by atoms with Gasteiger partial charge in [-0.3, -0.25) is 19.3 Å². The number of hydrogen-bond donors (Lipinski definition) is 1. The number of amides is 3. The zero-order valence-electron chi connectivity index (χ0n) is 10.5. The number of hydrogen-bond acceptors (Lipinski definition) is 3. The lowest BCUT2D eigenvalue weighted by atomic mass is 10.1. The molecule has 0 bridgehead atoms. The van der Waals surface area contributed by atoms with Crippen LogP contribution >= 0.6 is 0 Å². The summed E-state index contributed by atoms with van der Waals surface area (Å²) in [6.45, 7) is 1.95. The Bertz CT molecular complexity index is 385. The van der Waals surface area contributed by atoms with E-state index in [9.17, 15) is 14.4 Å². The van der Waals surface area contributed by atoms with Crippen LogP contribution in [0.5, 0.6) is 0 Å². The zero-order chi connectivity index (χ0) is 13.1. The van der Waals surface area contributed by atoms with Gasteiger partial charge in [0, 0.05) is 24.6 Å². The van der Waals surface area contributed by atoms with E-state index in [1.807, 2.05) is 6.92 Å². The van der Waals surface area contributed by atoms with Crippen LogP contribution in [0.1, 0.15) is 39.0 Å². The quantitative estimate of drug-likeness (QED) is 0.749. The highest BCUT2D eigenvalue weighted by molar-refractivity contribution is 6.13. The average Bonchev–Trinajstić information content (AvgIpc) is 2.87. The molecule has 1 fully saturated rings. The van der Waals surface area contributed by atoms with Crippen LogP contribution in [0.2, 0.25) is 0 Å². The van der Waals surface area contributed by atoms with Gasteiger partial charge < -0.3 is 5.32 Å². The molecule has 0 radical (unpaired) electrons. The van der Waals surface area contributed by atoms with Crippen molar-refractivity contribution in [1.29, 1.82) is 0 Å². The van der Waals surface area contributed by atoms with E-state index >= 15 is 0 Å². The zero-order valence-corrected chi connectivity index (χ0v) is 10.5. The highest BCUT2D eigenvalue weighted by atomic mass is 16.2. The number of nitrogens with zero attached hydrogens (tertiary/aromatic N) is 1. The normalized spacial score (nSPS) is 27.1. The molecule has 0 aromatic rings. The largest absolute Gasteiger partial charge is 0.351 e. The maximum absolute atomic E-state index is 11.6. The van der Waals surface area contributed by atoms with Crippen molar-refractivity contribution in [1.82, 2.24) is 10.2 Å². The van der Waals surface area contributed by atoms with Crippen molar-refractivity contribution in [2.75, 3.05) is 0 Å². The van der Waals surface area contributed by atoms with Crippen LogP contribution in [-0.4, -0.2) is 34.7 Å². The van der Waals surface area contributed by atoms with Crippen molar-refractivity contribution in [3.8, 4) is 0 Å². The summed E-state index contributed by atoms with van der Waals surface area (Å²) in [5, 5.41) is 2.94. The monoisotopic (exact) mass is 250 g/mol. The van der Waals surface area contributed by atoms with Gasteiger partial charge in [0.1, 0.15) is 0 Å². The van der Waals surface area contributed by atoms with E-state index in [0.29, 0.717) is 6.42 Å². The summed E-state index contributed by atoms with van der Waals surface area (Å²) in [7, 11) is 0. The fourth-order valence-electron chi connectivity index (χ4n) is 2.66. The molecule has 18 heavy (non-hydrogen) atoms. The van der Waals surface area contributed by atoms with Crippen LogP contribution in [0.3, 0.4) is 0 Å². The molecule has 5 heteroatoms. The Hall–Kier alpha value is -1.65. The number of nitrogens with one attached hydrogen (secondary N) is 1. The molecule has 0 aromatic heterocycles. The second kappa shape index (κ2) is 5.33. The molecular formula is C13H18N2O3. The first-order valence-electron chi connectivity index (χ1n) is 6.48. The number of carbonyl (C=O) groups excluding carboxylic acids is 3. The lowest BCUT2D eigenvalue weighted by molar-refractivity contribution is -0.140. The molecule has 1 aliphatic heterocycles. The summed E-state index contributed by atoms with van der Waals surface area (Å²) in [6.07, 6.45) is 6.42. The fourth-order valence-corrected chi connectivity index (χ4v) is 2.66. The molecule has 0 unspecified atom stereocenters. The summed E-state index contributed by atoms with van der Waals surface area (Å²) in [5.41, 5.74) is 0. The van der Waals surface area contributed by atoms with Gasteiger partial charge in [0.2, 0.25) is 5.91 Å². The lowest BCUT2D eigenvalue weighted by Gasteiger charge is -2.28. The molecule has 3 amide bonds. The minimum Gasteiger partial charge on any atom is -0.351 e. The third kappa shape index (κ3) is 2.44. The summed E-state index contributed by atoms with van der Waals surface area (Å²) in [6, 6.07) is -0.266. The van der Waals surface area contributed by atoms with Gasteiger partial charge in [-0.05, 0) is 25.7 Å². The maximum atomic E-state index is 11.6. The van der Waals surface area contributed by atoms with Crippen molar-refractivity contribution in [3.05, 3.63) is 12.2 Å². The first kappa shape index (κ1) is 12.8. The summed E-state index contributed by atoms with van der Waals surface area (Å²) in [4.78, 5) is 36.2. The van der Waals surface area contributed by atoms with Crippen molar-refractivity contribution in [3.63, 3.8) is 0 Å². The van der Waals surface area contributed by atoms with Crippen LogP contribution in [-0.2, 0) is 14.4 Å². The van der Waals surface area contributed by atoms with Crippen molar-refractivity contribution in [2.45, 2.75) is 51.1 Å². The number of imide groups is 1. The van der Waals surface area contributed by atoms with E-state index in [0.717, 1.165) is 25.7 Å². The Balaban J connectivity index is 2.01. The molecule has 0 saturated heterocycles. The SMILES string of the molecule is CCCC(=O)N[C@H]1CCC[C@@H]1N1C(=O)C=CC1=O. The van der Waals surface area contributed by atoms with Crippen molar-refractivity contribution < 1.29 is 14.4 Å². The predicted octanol–water partition coefficient (Wildman–Crippen LogP) is 0.749. The van der Waals surface area contributed by atoms with Gasteiger partial charge in [0.05, 0.1) is 6.04 Å². The van der Waals surface area contributed by atoms with Gasteiger partial charge in [-0.15, -0.1) is 0 Å². The standard InChI is InChI=1S/C13H18N2O3/c1-2-4-11(16)14-9-5-3-6-10(9)15-12(17)7-8-13(15)18/h7-10H,2-6H2,1H3,(H,14,16)/t9-,10-/m0/s1. The fraction of sp³-hybridized carbons (Fsp3) is 0.615. The highest BCUT2D eigenvalue weighted by Crippen LogP contribution is 2.26. The van der Waals surface area contributed by atoms with E-state index in [-0.39, 0.29) is 29.8 Å². The Kier molecular flexibility index (Phi) is 3.79. The van der Waals surface area contributed by atoms with Crippen LogP contribution in [0.15, 0.2) is 12.2 Å². The van der Waals surface area contributed by atoms with Gasteiger partial charge >= 0.3 is 0 Å². The minimum absolute atomic E-state index is 0.00135. The summed E-state index contributed by atoms with van der Waals surface area (Å²) >= 11 is 0. The first-order chi connectivity index (χ1) is 8.63. The number of rotatable bonds is 4. The molecular weight excluding hydrogens is 232 g/mol. The summed E-state index contributed by atoms with van der Waals surface area (Å²) in [5.74, 6) is -0.523. The molecule has 2 aliphatic rings. The first-order valence-corrected chi connectivity index (χ1v) is 6.48. The third-order valence-corrected chi connectivity index (χ3v) is 3.48. The van der Waals surface area contributed by atoms with E-state index in [4.69, 9.17) is 0 Å². The molecule has 5 nitrogen and oxygen atoms in total. The Morgan fingerprint density at radius 3 is 2.61 bits per heavy atom. The van der Waals surface area contributed by atoms with Gasteiger partial charge in [-0.1, -0.05) is 6.92 Å². The molecule has 1 aliphatic carbocycles. The van der Waals surface area contributed by atoms with E-state index in [1.165, 1.54) is 17.1 Å². The Labute approximate surface area is 106 Å². The van der Waals surface area contributed by atoms with Crippen molar-refractivity contribution >= 4 is 17.7 Å². The topological polar surface area (TPSA) is 66.5 Å². The molecule has 1 N–H and O–H groups in total. The molecule has 2 atom stereocenters. The smallest absolute Gasteiger partial charge is 0.253 e. The Morgan fingerprint density at radius 2 is 2.00 bits per heavy atom. The molecule has 2 rings (SSSR count). The van der Waals surface area contributed by atoms with Crippen LogP contribution in [0, 0.1) is 0 Å². The molecule has 0 spiro atoms. The predicted molar refractivity (Wildman–Crippen MR) is 65.5 cm³/mol. The van der Waals surface area contributed by atoms with Gasteiger partial charge in [-0.2, -0.15) is 0 Å². The second-order valence-corrected chi connectivity index (χ2v) is 4.80. The van der Waals surface area contributed by atoms with Crippen molar-refractivity contribution in [2.24, 2.45) is 0 Å². The molecule has 1 heterocycles. The van der Waals surface area contributed by atoms with Crippen LogP contribution in [0.25, 0.3) is 0 Å². The van der Waals surface area contributed by atoms with E-state index < -0.39 is 0 Å². The van der Waals surface area contributed by atoms with E-state index in [1.54, 1.807) is 0 Å². The van der Waals surface area contributed by atoms with Crippen LogP contribution in [0.4, 0.5) is 0 Å². The lowest BCUT2D eigenvalue weighted by Crippen LogP contribution is -2.50. The van der Waals surface area contributed by atoms with Gasteiger partial charge in [0.15, 0.2) is 0 Å². The molecule has 98 valence electrons. The second-order valence-electron chi connectivity index (χ2n) is 4.80.